The van der Waals surface area contributed by atoms with Crippen molar-refractivity contribution in [3.8, 4) is 0 Å². The van der Waals surface area contributed by atoms with Gasteiger partial charge in [0.25, 0.3) is 0 Å². The lowest BCUT2D eigenvalue weighted by Crippen LogP contribution is -2.03. The number of nitrogens with zero attached hydrogens (tertiary/aromatic N) is 3. The summed E-state index contributed by atoms with van der Waals surface area (Å²) in [5.74, 6) is 0.332. The van der Waals surface area contributed by atoms with E-state index >= 15 is 0 Å². The average molecular weight is 318 g/mol. The second kappa shape index (κ2) is 18.4. The van der Waals surface area contributed by atoms with E-state index in [1.54, 1.807) is 13.8 Å². The van der Waals surface area contributed by atoms with E-state index in [2.05, 4.69) is 22.0 Å². The standard InChI is InChI=1S/C6H13NOSi.2C4H9NO/c1-4-5(2)6(3)7-8-9;2*1-3-4(2)5-6/h4-5H,1H2,2-3,9H3;2*6H,3H2,1-2H3/b7-6+;2*5-4+. The van der Waals surface area contributed by atoms with Crippen molar-refractivity contribution in [3.63, 3.8) is 0 Å². The number of oxime groups is 3. The zero-order valence-corrected chi connectivity index (χ0v) is 16.4. The van der Waals surface area contributed by atoms with Gasteiger partial charge in [0.1, 0.15) is 0 Å². The lowest BCUT2D eigenvalue weighted by atomic mass is 10.1. The molecule has 0 aliphatic rings. The molecule has 1 atom stereocenters. The molecule has 0 aliphatic carbocycles. The summed E-state index contributed by atoms with van der Waals surface area (Å²) >= 11 is 0. The molecule has 2 N–H and O–H groups in total. The number of hydrogen-bond acceptors (Lipinski definition) is 6. The highest BCUT2D eigenvalue weighted by Crippen LogP contribution is 1.98. The van der Waals surface area contributed by atoms with E-state index in [-0.39, 0.29) is 0 Å². The molecule has 0 saturated heterocycles. The summed E-state index contributed by atoms with van der Waals surface area (Å²) in [4.78, 5) is 0. The predicted octanol–water partition coefficient (Wildman–Crippen LogP) is 2.97. The van der Waals surface area contributed by atoms with Crippen LogP contribution in [0.2, 0.25) is 0 Å². The van der Waals surface area contributed by atoms with E-state index in [4.69, 9.17) is 14.9 Å². The summed E-state index contributed by atoms with van der Waals surface area (Å²) in [5, 5.41) is 25.5. The summed E-state index contributed by atoms with van der Waals surface area (Å²) in [6, 6.07) is 0. The molecular weight excluding hydrogens is 286 g/mol. The Kier molecular flexibility index (Phi) is 21.3. The monoisotopic (exact) mass is 317 g/mol. The maximum Gasteiger partial charge on any atom is 0.242 e. The fourth-order valence-corrected chi connectivity index (χ4v) is 0.827. The summed E-state index contributed by atoms with van der Waals surface area (Å²) in [5.41, 5.74) is 2.53. The average Bonchev–Trinajstić information content (AvgIpc) is 2.53. The van der Waals surface area contributed by atoms with Gasteiger partial charge in [-0.3, -0.25) is 0 Å². The molecule has 0 radical (unpaired) electrons. The molecule has 0 heterocycles. The van der Waals surface area contributed by atoms with Crippen molar-refractivity contribution in [1.29, 1.82) is 0 Å². The molecule has 6 nitrogen and oxygen atoms in total. The van der Waals surface area contributed by atoms with Gasteiger partial charge in [0.2, 0.25) is 10.5 Å². The van der Waals surface area contributed by atoms with Crippen LogP contribution in [0.1, 0.15) is 54.4 Å². The van der Waals surface area contributed by atoms with Crippen LogP contribution in [0.4, 0.5) is 0 Å². The molecule has 0 bridgehead atoms. The molecule has 0 saturated carbocycles. The Labute approximate surface area is 131 Å². The van der Waals surface area contributed by atoms with Crippen LogP contribution in [0.5, 0.6) is 0 Å². The minimum Gasteiger partial charge on any atom is -0.467 e. The van der Waals surface area contributed by atoms with Crippen molar-refractivity contribution in [1.82, 2.24) is 0 Å². The van der Waals surface area contributed by atoms with Crippen LogP contribution in [0.15, 0.2) is 28.1 Å². The van der Waals surface area contributed by atoms with E-state index in [1.165, 1.54) is 0 Å². The highest BCUT2D eigenvalue weighted by molar-refractivity contribution is 5.98. The van der Waals surface area contributed by atoms with Gasteiger partial charge in [0.05, 0.1) is 17.1 Å². The summed E-state index contributed by atoms with van der Waals surface area (Å²) in [6.45, 7) is 15.0. The van der Waals surface area contributed by atoms with Gasteiger partial charge in [-0.15, -0.1) is 11.7 Å². The molecule has 124 valence electrons. The second-order valence-corrected chi connectivity index (χ2v) is 4.68. The third kappa shape index (κ3) is 20.8. The first kappa shape index (κ1) is 24.4. The van der Waals surface area contributed by atoms with Gasteiger partial charge in [0, 0.05) is 5.92 Å². The van der Waals surface area contributed by atoms with Crippen LogP contribution in [-0.2, 0) is 4.53 Å². The van der Waals surface area contributed by atoms with Gasteiger partial charge in [-0.25, -0.2) is 0 Å². The first-order valence-corrected chi connectivity index (χ1v) is 7.71. The number of hydrogen-bond donors (Lipinski definition) is 2. The van der Waals surface area contributed by atoms with Gasteiger partial charge in [-0.1, -0.05) is 37.2 Å². The van der Waals surface area contributed by atoms with Crippen LogP contribution in [-0.4, -0.2) is 38.0 Å². The Morgan fingerprint density at radius 2 is 1.52 bits per heavy atom. The van der Waals surface area contributed by atoms with Crippen molar-refractivity contribution in [2.45, 2.75) is 54.4 Å². The zero-order valence-electron chi connectivity index (χ0n) is 14.4. The minimum absolute atomic E-state index is 0.332. The Morgan fingerprint density at radius 1 is 1.14 bits per heavy atom. The minimum atomic E-state index is 0.332. The Hall–Kier alpha value is -1.63. The molecule has 21 heavy (non-hydrogen) atoms. The highest BCUT2D eigenvalue weighted by atomic mass is 28.2. The van der Waals surface area contributed by atoms with Crippen molar-refractivity contribution < 1.29 is 14.9 Å². The Bertz CT molecular complexity index is 324. The summed E-state index contributed by atoms with van der Waals surface area (Å²) < 4.78 is 4.71. The van der Waals surface area contributed by atoms with Crippen molar-refractivity contribution in [2.75, 3.05) is 0 Å². The van der Waals surface area contributed by atoms with E-state index in [0.29, 0.717) is 16.4 Å². The molecule has 0 aromatic rings. The molecule has 1 unspecified atom stereocenters. The summed E-state index contributed by atoms with van der Waals surface area (Å²) in [7, 11) is 0.663. The third-order valence-electron chi connectivity index (χ3n) is 2.61. The third-order valence-corrected chi connectivity index (χ3v) is 2.80. The normalized spacial score (nSPS) is 13.3. The molecule has 7 heteroatoms. The lowest BCUT2D eigenvalue weighted by molar-refractivity contribution is 0.317. The van der Waals surface area contributed by atoms with Gasteiger partial charge >= 0.3 is 0 Å². The molecule has 0 rings (SSSR count). The maximum atomic E-state index is 7.92. The fraction of sp³-hybridized carbons (Fsp3) is 0.643. The number of rotatable bonds is 5. The Morgan fingerprint density at radius 3 is 1.67 bits per heavy atom. The first-order chi connectivity index (χ1) is 9.83. The number of allylic oxidation sites excluding steroid dienone is 1. The van der Waals surface area contributed by atoms with Crippen LogP contribution in [0.25, 0.3) is 0 Å². The second-order valence-electron chi connectivity index (χ2n) is 4.32. The van der Waals surface area contributed by atoms with Gasteiger partial charge < -0.3 is 14.9 Å². The summed E-state index contributed by atoms with van der Waals surface area (Å²) in [6.07, 6.45) is 3.51. The molecule has 0 amide bonds. The highest BCUT2D eigenvalue weighted by Gasteiger charge is 1.98. The van der Waals surface area contributed by atoms with Crippen LogP contribution in [0, 0.1) is 5.92 Å². The molecular formula is C14H31N3O3Si. The van der Waals surface area contributed by atoms with Crippen LogP contribution < -0.4 is 0 Å². The Balaban J connectivity index is -0.000000240. The first-order valence-electron chi connectivity index (χ1n) is 6.89. The predicted molar refractivity (Wildman–Crippen MR) is 93.9 cm³/mol. The molecule has 0 aromatic heterocycles. The van der Waals surface area contributed by atoms with E-state index < -0.39 is 0 Å². The molecule has 0 aromatic carbocycles. The van der Waals surface area contributed by atoms with E-state index in [1.807, 2.05) is 33.8 Å². The smallest absolute Gasteiger partial charge is 0.242 e. The molecule has 0 aliphatic heterocycles. The SMILES string of the molecule is C=CC(C)/C(C)=N/O[SiH3].CC/C(C)=N/O.CC/C(C)=N/O. The van der Waals surface area contributed by atoms with E-state index in [9.17, 15) is 0 Å². The molecule has 0 fully saturated rings. The zero-order chi connectivity index (χ0) is 17.3. The maximum absolute atomic E-state index is 7.92. The van der Waals surface area contributed by atoms with Crippen molar-refractivity contribution in [3.05, 3.63) is 12.7 Å². The van der Waals surface area contributed by atoms with Gasteiger partial charge in [-0.2, -0.15) is 0 Å². The van der Waals surface area contributed by atoms with Crippen molar-refractivity contribution >= 4 is 27.6 Å². The van der Waals surface area contributed by atoms with Gasteiger partial charge in [-0.05, 0) is 33.6 Å². The fourth-order valence-electron chi connectivity index (χ4n) is 0.539. The molecule has 0 spiro atoms. The lowest BCUT2D eigenvalue weighted by Gasteiger charge is -2.02. The quantitative estimate of drug-likeness (QED) is 0.269. The van der Waals surface area contributed by atoms with Crippen molar-refractivity contribution in [2.24, 2.45) is 21.4 Å². The van der Waals surface area contributed by atoms with E-state index in [0.717, 1.165) is 30.0 Å². The van der Waals surface area contributed by atoms with Crippen LogP contribution in [0.3, 0.4) is 0 Å². The topological polar surface area (TPSA) is 86.8 Å². The largest absolute Gasteiger partial charge is 0.467 e. The van der Waals surface area contributed by atoms with Crippen LogP contribution >= 0.6 is 0 Å². The van der Waals surface area contributed by atoms with Gasteiger partial charge in [0.15, 0.2) is 0 Å².